The van der Waals surface area contributed by atoms with E-state index in [1.54, 1.807) is 29.2 Å². The van der Waals surface area contributed by atoms with Gasteiger partial charge in [-0.2, -0.15) is 0 Å². The molecule has 1 atom stereocenters. The van der Waals surface area contributed by atoms with Gasteiger partial charge in [0, 0.05) is 18.1 Å². The number of aromatic amines is 1. The molecule has 23 heavy (non-hydrogen) atoms. The van der Waals surface area contributed by atoms with Crippen LogP contribution in [0.15, 0.2) is 36.8 Å². The number of hydrogen-bond acceptors (Lipinski definition) is 4. The summed E-state index contributed by atoms with van der Waals surface area (Å²) in [6, 6.07) is 6.96. The van der Waals surface area contributed by atoms with Gasteiger partial charge in [0.1, 0.15) is 5.69 Å². The molecule has 2 heterocycles. The van der Waals surface area contributed by atoms with Gasteiger partial charge in [-0.1, -0.05) is 29.8 Å². The van der Waals surface area contributed by atoms with Crippen molar-refractivity contribution in [2.24, 2.45) is 0 Å². The Morgan fingerprint density at radius 2 is 2.09 bits per heavy atom. The smallest absolute Gasteiger partial charge is 0.271 e. The molecular formula is C15H16ClN3O3S. The number of nitrogens with one attached hydrogen (secondary N) is 1. The van der Waals surface area contributed by atoms with Gasteiger partial charge in [0.15, 0.2) is 9.84 Å². The maximum Gasteiger partial charge on any atom is 0.271 e. The Balaban J connectivity index is 1.86. The summed E-state index contributed by atoms with van der Waals surface area (Å²) in [6.07, 6.45) is 3.19. The lowest BCUT2D eigenvalue weighted by molar-refractivity contribution is 0.0761. The van der Waals surface area contributed by atoms with E-state index in [9.17, 15) is 13.2 Å². The zero-order chi connectivity index (χ0) is 16.4. The number of hydrogen-bond donors (Lipinski definition) is 1. The van der Waals surface area contributed by atoms with Crippen molar-refractivity contribution < 1.29 is 13.2 Å². The molecule has 1 aliphatic rings. The molecule has 1 amide bonds. The van der Waals surface area contributed by atoms with Crippen LogP contribution < -0.4 is 0 Å². The Hall–Kier alpha value is -1.86. The molecule has 1 fully saturated rings. The minimum atomic E-state index is -3.37. The van der Waals surface area contributed by atoms with Crippen molar-refractivity contribution in [1.29, 1.82) is 0 Å². The Kier molecular flexibility index (Phi) is 4.41. The number of H-pyrrole nitrogens is 1. The number of rotatable bonds is 2. The molecule has 1 aromatic carbocycles. The Morgan fingerprint density at radius 3 is 2.78 bits per heavy atom. The van der Waals surface area contributed by atoms with Crippen molar-refractivity contribution in [2.45, 2.75) is 11.7 Å². The average Bonchev–Trinajstić information content (AvgIpc) is 3.00. The Labute approximate surface area is 139 Å². The first-order valence-corrected chi connectivity index (χ1v) is 9.32. The highest BCUT2D eigenvalue weighted by atomic mass is 35.5. The fourth-order valence-electron chi connectivity index (χ4n) is 2.78. The second kappa shape index (κ2) is 6.33. The number of imidazole rings is 1. The second-order valence-electron chi connectivity index (χ2n) is 5.42. The van der Waals surface area contributed by atoms with Gasteiger partial charge in [0.25, 0.3) is 5.91 Å². The van der Waals surface area contributed by atoms with Crippen molar-refractivity contribution >= 4 is 27.3 Å². The summed E-state index contributed by atoms with van der Waals surface area (Å²) >= 11 is 6.16. The van der Waals surface area contributed by atoms with E-state index in [-0.39, 0.29) is 18.2 Å². The number of halogens is 1. The molecule has 0 spiro atoms. The minimum absolute atomic E-state index is 0.0806. The monoisotopic (exact) mass is 353 g/mol. The third-order valence-corrected chi connectivity index (χ3v) is 6.46. The van der Waals surface area contributed by atoms with E-state index in [4.69, 9.17) is 11.6 Å². The molecule has 0 radical (unpaired) electrons. The van der Waals surface area contributed by atoms with Crippen LogP contribution in [0, 0.1) is 0 Å². The quantitative estimate of drug-likeness (QED) is 0.895. The molecule has 8 heteroatoms. The van der Waals surface area contributed by atoms with Gasteiger partial charge in [0.05, 0.1) is 23.5 Å². The van der Waals surface area contributed by atoms with Crippen LogP contribution in [0.25, 0.3) is 0 Å². The maximum absolute atomic E-state index is 12.6. The van der Waals surface area contributed by atoms with Gasteiger partial charge in [-0.15, -0.1) is 0 Å². The fourth-order valence-corrected chi connectivity index (χ4v) is 4.92. The highest BCUT2D eigenvalue weighted by Gasteiger charge is 2.34. The number of aromatic nitrogens is 2. The Morgan fingerprint density at radius 1 is 1.30 bits per heavy atom. The summed E-state index contributed by atoms with van der Waals surface area (Å²) in [5.41, 5.74) is 0.962. The van der Waals surface area contributed by atoms with Crippen LogP contribution in [0.3, 0.4) is 0 Å². The van der Waals surface area contributed by atoms with Crippen molar-refractivity contribution in [3.63, 3.8) is 0 Å². The van der Waals surface area contributed by atoms with Crippen LogP contribution in [-0.2, 0) is 9.84 Å². The average molecular weight is 354 g/mol. The number of sulfone groups is 1. The van der Waals surface area contributed by atoms with E-state index in [0.29, 0.717) is 29.2 Å². The number of benzene rings is 1. The molecule has 1 aromatic heterocycles. The number of amides is 1. The molecule has 0 aliphatic carbocycles. The van der Waals surface area contributed by atoms with E-state index in [2.05, 4.69) is 9.97 Å². The molecule has 1 N–H and O–H groups in total. The molecule has 1 aliphatic heterocycles. The molecule has 3 rings (SSSR count). The van der Waals surface area contributed by atoms with Gasteiger partial charge in [0.2, 0.25) is 0 Å². The molecule has 0 saturated carbocycles. The van der Waals surface area contributed by atoms with Gasteiger partial charge >= 0.3 is 0 Å². The van der Waals surface area contributed by atoms with Crippen LogP contribution >= 0.6 is 11.6 Å². The van der Waals surface area contributed by atoms with Crippen LogP contribution in [0.5, 0.6) is 0 Å². The summed E-state index contributed by atoms with van der Waals surface area (Å²) < 4.78 is 25.2. The lowest BCUT2D eigenvalue weighted by atomic mass is 10.1. The second-order valence-corrected chi connectivity index (χ2v) is 8.13. The van der Waals surface area contributed by atoms with Gasteiger partial charge < -0.3 is 9.88 Å². The Bertz CT molecular complexity index is 805. The van der Waals surface area contributed by atoms with Crippen molar-refractivity contribution in [3.8, 4) is 0 Å². The van der Waals surface area contributed by atoms with Gasteiger partial charge in [-0.25, -0.2) is 13.4 Å². The first-order valence-electron chi connectivity index (χ1n) is 7.22. The highest BCUT2D eigenvalue weighted by Crippen LogP contribution is 2.33. The predicted molar refractivity (Wildman–Crippen MR) is 87.1 cm³/mol. The topological polar surface area (TPSA) is 83.1 Å². The molecule has 1 saturated heterocycles. The van der Waals surface area contributed by atoms with Crippen LogP contribution in [0.2, 0.25) is 5.02 Å². The van der Waals surface area contributed by atoms with E-state index < -0.39 is 15.1 Å². The van der Waals surface area contributed by atoms with E-state index >= 15 is 0 Å². The largest absolute Gasteiger partial charge is 0.341 e. The first kappa shape index (κ1) is 16.0. The van der Waals surface area contributed by atoms with E-state index in [1.165, 1.54) is 12.5 Å². The molecule has 0 bridgehead atoms. The molecule has 2 aromatic rings. The molecule has 122 valence electrons. The standard InChI is InChI=1S/C15H16ClN3O3S/c16-12-4-2-1-3-11(12)14-5-6-19(7-8-23(14,21)22)15(20)13-9-17-10-18-13/h1-4,9-10,14H,5-8H2,(H,17,18)/t14-/m1/s1. The van der Waals surface area contributed by atoms with Gasteiger partial charge in [-0.3, -0.25) is 4.79 Å². The third kappa shape index (κ3) is 3.25. The van der Waals surface area contributed by atoms with Crippen molar-refractivity contribution in [2.75, 3.05) is 18.8 Å². The minimum Gasteiger partial charge on any atom is -0.341 e. The molecule has 6 nitrogen and oxygen atoms in total. The normalized spacial score (nSPS) is 20.9. The highest BCUT2D eigenvalue weighted by molar-refractivity contribution is 7.91. The summed E-state index contributed by atoms with van der Waals surface area (Å²) in [6.45, 7) is 0.522. The van der Waals surface area contributed by atoms with Crippen molar-refractivity contribution in [1.82, 2.24) is 14.9 Å². The molecular weight excluding hydrogens is 338 g/mol. The van der Waals surface area contributed by atoms with E-state index in [1.807, 2.05) is 0 Å². The summed E-state index contributed by atoms with van der Waals surface area (Å²) in [7, 11) is -3.37. The lowest BCUT2D eigenvalue weighted by Crippen LogP contribution is -2.33. The summed E-state index contributed by atoms with van der Waals surface area (Å²) in [4.78, 5) is 20.5. The number of carbonyl (C=O) groups is 1. The van der Waals surface area contributed by atoms with E-state index in [0.717, 1.165) is 0 Å². The number of nitrogens with zero attached hydrogens (tertiary/aromatic N) is 2. The zero-order valence-corrected chi connectivity index (χ0v) is 13.8. The van der Waals surface area contributed by atoms with Gasteiger partial charge in [-0.05, 0) is 18.1 Å². The summed E-state index contributed by atoms with van der Waals surface area (Å²) in [5, 5.41) is -0.245. The lowest BCUT2D eigenvalue weighted by Gasteiger charge is -2.19. The van der Waals surface area contributed by atoms with Crippen LogP contribution in [0.4, 0.5) is 0 Å². The SMILES string of the molecule is O=C(c1cnc[nH]1)N1CC[C@H](c2ccccc2Cl)S(=O)(=O)CC1. The maximum atomic E-state index is 12.6. The molecule has 0 unspecified atom stereocenters. The van der Waals surface area contributed by atoms with Crippen molar-refractivity contribution in [3.05, 3.63) is 53.1 Å². The fraction of sp³-hybridized carbons (Fsp3) is 0.333. The first-order chi connectivity index (χ1) is 11.0. The third-order valence-electron chi connectivity index (χ3n) is 4.01. The predicted octanol–water partition coefficient (Wildman–Crippen LogP) is 2.07. The summed E-state index contributed by atoms with van der Waals surface area (Å²) in [5.74, 6) is -0.319. The van der Waals surface area contributed by atoms with Crippen LogP contribution in [0.1, 0.15) is 27.7 Å². The van der Waals surface area contributed by atoms with Crippen LogP contribution in [-0.4, -0.2) is 48.0 Å². The zero-order valence-electron chi connectivity index (χ0n) is 12.3. The number of carbonyl (C=O) groups excluding carboxylic acids is 1.